The Balaban J connectivity index is 2.41. The minimum atomic E-state index is -0.749. The molecule has 0 saturated heterocycles. The third-order valence-corrected chi connectivity index (χ3v) is 3.90. The van der Waals surface area contributed by atoms with Crippen molar-refractivity contribution >= 4 is 23.2 Å². The van der Waals surface area contributed by atoms with Crippen LogP contribution in [0.5, 0.6) is 0 Å². The summed E-state index contributed by atoms with van der Waals surface area (Å²) in [6.07, 6.45) is 0.215. The molecule has 0 amide bonds. The van der Waals surface area contributed by atoms with Crippen LogP contribution in [0.1, 0.15) is 22.7 Å². The van der Waals surface area contributed by atoms with Crippen molar-refractivity contribution < 1.29 is 8.78 Å². The molecular formula is C15H14Cl2F2N2. The molecule has 1 atom stereocenters. The number of nitrogens with two attached hydrogens (primary N) is 1. The van der Waals surface area contributed by atoms with Gasteiger partial charge < -0.3 is 0 Å². The Morgan fingerprint density at radius 1 is 1.19 bits per heavy atom. The maximum absolute atomic E-state index is 14.2. The molecule has 2 aromatic rings. The third-order valence-electron chi connectivity index (χ3n) is 3.30. The lowest BCUT2D eigenvalue weighted by Crippen LogP contribution is -2.31. The zero-order chi connectivity index (χ0) is 15.6. The van der Waals surface area contributed by atoms with E-state index in [0.717, 1.165) is 0 Å². The van der Waals surface area contributed by atoms with Crippen LogP contribution in [0.3, 0.4) is 0 Å². The molecule has 2 nitrogen and oxygen atoms in total. The topological polar surface area (TPSA) is 38.0 Å². The van der Waals surface area contributed by atoms with Crippen LogP contribution in [0.2, 0.25) is 10.0 Å². The van der Waals surface area contributed by atoms with Crippen molar-refractivity contribution in [3.8, 4) is 0 Å². The fraction of sp³-hybridized carbons (Fsp3) is 0.200. The lowest BCUT2D eigenvalue weighted by molar-refractivity contribution is 0.470. The van der Waals surface area contributed by atoms with Gasteiger partial charge in [-0.25, -0.2) is 8.78 Å². The molecule has 0 heterocycles. The molecule has 0 bridgehead atoms. The fourth-order valence-electron chi connectivity index (χ4n) is 2.16. The number of rotatable bonds is 4. The molecule has 112 valence electrons. The molecule has 2 rings (SSSR count). The van der Waals surface area contributed by atoms with Gasteiger partial charge in [0.05, 0.1) is 6.04 Å². The van der Waals surface area contributed by atoms with Crippen LogP contribution in [0, 0.1) is 18.6 Å². The van der Waals surface area contributed by atoms with E-state index in [4.69, 9.17) is 29.0 Å². The van der Waals surface area contributed by atoms with Gasteiger partial charge in [-0.3, -0.25) is 11.3 Å². The van der Waals surface area contributed by atoms with Gasteiger partial charge in [0.25, 0.3) is 0 Å². The second-order valence-electron chi connectivity index (χ2n) is 4.75. The zero-order valence-corrected chi connectivity index (χ0v) is 12.8. The van der Waals surface area contributed by atoms with E-state index in [1.54, 1.807) is 25.1 Å². The van der Waals surface area contributed by atoms with Crippen LogP contribution in [-0.4, -0.2) is 0 Å². The van der Waals surface area contributed by atoms with E-state index in [0.29, 0.717) is 21.2 Å². The summed E-state index contributed by atoms with van der Waals surface area (Å²) in [5, 5.41) is 0.962. The first-order valence-corrected chi connectivity index (χ1v) is 7.04. The van der Waals surface area contributed by atoms with Crippen molar-refractivity contribution in [1.29, 1.82) is 0 Å². The van der Waals surface area contributed by atoms with Gasteiger partial charge in [0.15, 0.2) is 0 Å². The van der Waals surface area contributed by atoms with Gasteiger partial charge in [-0.2, -0.15) is 0 Å². The van der Waals surface area contributed by atoms with Crippen LogP contribution in [-0.2, 0) is 6.42 Å². The first kappa shape index (κ1) is 16.2. The van der Waals surface area contributed by atoms with E-state index in [2.05, 4.69) is 5.43 Å². The van der Waals surface area contributed by atoms with E-state index < -0.39 is 17.7 Å². The number of halogens is 4. The SMILES string of the molecule is Cc1ccc(F)c(C(Cc2cc(Cl)ccc2Cl)NN)c1F. The van der Waals surface area contributed by atoms with Gasteiger partial charge in [0.2, 0.25) is 0 Å². The van der Waals surface area contributed by atoms with Crippen LogP contribution >= 0.6 is 23.2 Å². The highest BCUT2D eigenvalue weighted by atomic mass is 35.5. The van der Waals surface area contributed by atoms with E-state index in [1.807, 2.05) is 0 Å². The average molecular weight is 331 g/mol. The summed E-state index contributed by atoms with van der Waals surface area (Å²) < 4.78 is 28.1. The van der Waals surface area contributed by atoms with Crippen LogP contribution in [0.4, 0.5) is 8.78 Å². The molecule has 0 radical (unpaired) electrons. The number of nitrogens with one attached hydrogen (secondary N) is 1. The molecule has 6 heteroatoms. The molecule has 21 heavy (non-hydrogen) atoms. The highest BCUT2D eigenvalue weighted by molar-refractivity contribution is 6.33. The average Bonchev–Trinajstić information content (AvgIpc) is 2.45. The minimum Gasteiger partial charge on any atom is -0.271 e. The van der Waals surface area contributed by atoms with Crippen molar-refractivity contribution in [3.63, 3.8) is 0 Å². The lowest BCUT2D eigenvalue weighted by atomic mass is 9.96. The third kappa shape index (κ3) is 3.52. The van der Waals surface area contributed by atoms with Crippen molar-refractivity contribution in [2.75, 3.05) is 0 Å². The molecular weight excluding hydrogens is 317 g/mol. The zero-order valence-electron chi connectivity index (χ0n) is 11.3. The van der Waals surface area contributed by atoms with Gasteiger partial charge in [-0.1, -0.05) is 29.3 Å². The Morgan fingerprint density at radius 3 is 2.57 bits per heavy atom. The fourth-order valence-corrected chi connectivity index (χ4v) is 2.55. The first-order chi connectivity index (χ1) is 9.93. The first-order valence-electron chi connectivity index (χ1n) is 6.28. The van der Waals surface area contributed by atoms with E-state index >= 15 is 0 Å². The van der Waals surface area contributed by atoms with Crippen molar-refractivity contribution in [2.24, 2.45) is 5.84 Å². The van der Waals surface area contributed by atoms with Crippen LogP contribution in [0.25, 0.3) is 0 Å². The molecule has 0 aromatic heterocycles. The van der Waals surface area contributed by atoms with Gasteiger partial charge >= 0.3 is 0 Å². The van der Waals surface area contributed by atoms with Gasteiger partial charge in [-0.15, -0.1) is 0 Å². The molecule has 3 N–H and O–H groups in total. The maximum Gasteiger partial charge on any atom is 0.133 e. The molecule has 1 unspecified atom stereocenters. The molecule has 2 aromatic carbocycles. The molecule has 0 aliphatic heterocycles. The number of hydrogen-bond acceptors (Lipinski definition) is 2. The summed E-state index contributed by atoms with van der Waals surface area (Å²) in [5.74, 6) is 4.20. The lowest BCUT2D eigenvalue weighted by Gasteiger charge is -2.19. The van der Waals surface area contributed by atoms with Gasteiger partial charge in [-0.05, 0) is 48.7 Å². The Labute approximate surface area is 131 Å². The van der Waals surface area contributed by atoms with Gasteiger partial charge in [0.1, 0.15) is 11.6 Å². The van der Waals surface area contributed by atoms with Crippen molar-refractivity contribution in [3.05, 3.63) is 68.7 Å². The van der Waals surface area contributed by atoms with E-state index in [-0.39, 0.29) is 12.0 Å². The van der Waals surface area contributed by atoms with Crippen LogP contribution < -0.4 is 11.3 Å². The predicted molar refractivity (Wildman–Crippen MR) is 81.3 cm³/mol. The second-order valence-corrected chi connectivity index (χ2v) is 5.59. The quantitative estimate of drug-likeness (QED) is 0.647. The predicted octanol–water partition coefficient (Wildman–Crippen LogP) is 4.33. The molecule has 0 fully saturated rings. The molecule has 0 aliphatic rings. The monoisotopic (exact) mass is 330 g/mol. The summed E-state index contributed by atoms with van der Waals surface area (Å²) in [7, 11) is 0. The molecule has 0 spiro atoms. The van der Waals surface area contributed by atoms with Crippen molar-refractivity contribution in [2.45, 2.75) is 19.4 Å². The Morgan fingerprint density at radius 2 is 1.90 bits per heavy atom. The van der Waals surface area contributed by atoms with E-state index in [9.17, 15) is 8.78 Å². The summed E-state index contributed by atoms with van der Waals surface area (Å²) in [5.41, 5.74) is 3.35. The Bertz CT molecular complexity index is 662. The largest absolute Gasteiger partial charge is 0.271 e. The molecule has 0 aliphatic carbocycles. The highest BCUT2D eigenvalue weighted by Gasteiger charge is 2.22. The number of benzene rings is 2. The van der Waals surface area contributed by atoms with Crippen molar-refractivity contribution in [1.82, 2.24) is 5.43 Å². The number of aryl methyl sites for hydroxylation is 1. The summed E-state index contributed by atoms with van der Waals surface area (Å²) in [6.45, 7) is 1.57. The Hall–Kier alpha value is -1.20. The molecule has 0 saturated carbocycles. The Kier molecular flexibility index (Phi) is 5.17. The normalized spacial score (nSPS) is 12.5. The minimum absolute atomic E-state index is 0.103. The summed E-state index contributed by atoms with van der Waals surface area (Å²) in [6, 6.07) is 6.79. The standard InChI is InChI=1S/C15H14Cl2F2N2/c1-8-2-5-12(18)14(15(8)19)13(21-20)7-9-6-10(16)3-4-11(9)17/h2-6,13,21H,7,20H2,1H3. The van der Waals surface area contributed by atoms with Crippen LogP contribution in [0.15, 0.2) is 30.3 Å². The number of hydrogen-bond donors (Lipinski definition) is 2. The highest BCUT2D eigenvalue weighted by Crippen LogP contribution is 2.29. The summed E-state index contributed by atoms with van der Waals surface area (Å²) in [4.78, 5) is 0. The number of hydrazine groups is 1. The smallest absolute Gasteiger partial charge is 0.133 e. The second kappa shape index (κ2) is 6.71. The van der Waals surface area contributed by atoms with Gasteiger partial charge in [0, 0.05) is 15.6 Å². The maximum atomic E-state index is 14.2. The van der Waals surface area contributed by atoms with E-state index in [1.165, 1.54) is 12.1 Å². The summed E-state index contributed by atoms with van der Waals surface area (Å²) >= 11 is 12.0.